The number of esters is 1. The molecule has 0 heterocycles. The third-order valence-corrected chi connectivity index (χ3v) is 3.85. The van der Waals surface area contributed by atoms with E-state index in [1.807, 2.05) is 24.3 Å². The van der Waals surface area contributed by atoms with E-state index in [0.29, 0.717) is 12.2 Å². The molecular weight excluding hydrogens is 276 g/mol. The van der Waals surface area contributed by atoms with Crippen LogP contribution in [0.3, 0.4) is 0 Å². The van der Waals surface area contributed by atoms with E-state index < -0.39 is 0 Å². The van der Waals surface area contributed by atoms with Gasteiger partial charge in [-0.25, -0.2) is 4.79 Å². The number of aryl methyl sites for hydroxylation is 1. The van der Waals surface area contributed by atoms with E-state index in [1.165, 1.54) is 31.2 Å². The zero-order valence-electron chi connectivity index (χ0n) is 14.3. The molecule has 0 amide bonds. The monoisotopic (exact) mass is 306 g/mol. The highest BCUT2D eigenvalue weighted by molar-refractivity contribution is 5.89. The fourth-order valence-corrected chi connectivity index (χ4v) is 2.43. The molecule has 0 spiro atoms. The lowest BCUT2D eigenvalue weighted by atomic mass is 10.1. The zero-order valence-corrected chi connectivity index (χ0v) is 14.3. The van der Waals surface area contributed by atoms with Crippen LogP contribution >= 0.6 is 0 Å². The van der Waals surface area contributed by atoms with Gasteiger partial charge in [0.15, 0.2) is 0 Å². The predicted octanol–water partition coefficient (Wildman–Crippen LogP) is 4.78. The molecule has 1 aromatic carbocycles. The summed E-state index contributed by atoms with van der Waals surface area (Å²) in [7, 11) is 1.65. The maximum atomic E-state index is 12.2. The number of carbonyl (C=O) groups excluding carboxylic acids is 1. The molecule has 0 N–H and O–H groups in total. The molecule has 22 heavy (non-hydrogen) atoms. The number of unbranched alkanes of at least 4 members (excludes halogenated alkanes) is 4. The maximum absolute atomic E-state index is 12.2. The van der Waals surface area contributed by atoms with Gasteiger partial charge in [-0.1, -0.05) is 51.7 Å². The van der Waals surface area contributed by atoms with Crippen LogP contribution < -0.4 is 0 Å². The Morgan fingerprint density at radius 3 is 2.32 bits per heavy atom. The second-order valence-corrected chi connectivity index (χ2v) is 5.74. The standard InChI is InChI=1S/C19H30O3/c1-4-6-7-8-9-10-18(15-21-3)22-19(20)17-13-11-16(5-2)12-14-17/h11-14,18H,4-10,15H2,1-3H3. The fourth-order valence-electron chi connectivity index (χ4n) is 2.43. The first-order chi connectivity index (χ1) is 10.7. The highest BCUT2D eigenvalue weighted by Gasteiger charge is 2.15. The lowest BCUT2D eigenvalue weighted by molar-refractivity contribution is 0.00237. The van der Waals surface area contributed by atoms with E-state index in [2.05, 4.69) is 13.8 Å². The largest absolute Gasteiger partial charge is 0.456 e. The Hall–Kier alpha value is -1.35. The van der Waals surface area contributed by atoms with Gasteiger partial charge in [-0.15, -0.1) is 0 Å². The highest BCUT2D eigenvalue weighted by atomic mass is 16.6. The van der Waals surface area contributed by atoms with Crippen molar-refractivity contribution in [3.05, 3.63) is 35.4 Å². The van der Waals surface area contributed by atoms with Crippen LogP contribution in [0.1, 0.15) is 68.3 Å². The van der Waals surface area contributed by atoms with Gasteiger partial charge >= 0.3 is 5.97 Å². The molecular formula is C19H30O3. The Morgan fingerprint density at radius 2 is 1.73 bits per heavy atom. The van der Waals surface area contributed by atoms with Crippen molar-refractivity contribution in [2.24, 2.45) is 0 Å². The summed E-state index contributed by atoms with van der Waals surface area (Å²) < 4.78 is 10.8. The van der Waals surface area contributed by atoms with E-state index in [9.17, 15) is 4.79 Å². The molecule has 0 aromatic heterocycles. The number of hydrogen-bond donors (Lipinski definition) is 0. The molecule has 1 atom stereocenters. The van der Waals surface area contributed by atoms with Crippen molar-refractivity contribution in [1.29, 1.82) is 0 Å². The Kier molecular flexibility index (Phi) is 9.56. The summed E-state index contributed by atoms with van der Waals surface area (Å²) in [6, 6.07) is 7.64. The average Bonchev–Trinajstić information content (AvgIpc) is 2.54. The van der Waals surface area contributed by atoms with E-state index in [0.717, 1.165) is 19.3 Å². The van der Waals surface area contributed by atoms with Gasteiger partial charge in [0, 0.05) is 7.11 Å². The van der Waals surface area contributed by atoms with Crippen LogP contribution in [0.4, 0.5) is 0 Å². The summed E-state index contributed by atoms with van der Waals surface area (Å²) in [6.45, 7) is 4.77. The molecule has 0 bridgehead atoms. The molecule has 0 radical (unpaired) electrons. The predicted molar refractivity (Wildman–Crippen MR) is 90.3 cm³/mol. The van der Waals surface area contributed by atoms with Crippen molar-refractivity contribution in [3.63, 3.8) is 0 Å². The minimum atomic E-state index is -0.252. The van der Waals surface area contributed by atoms with E-state index in [-0.39, 0.29) is 12.1 Å². The van der Waals surface area contributed by atoms with Crippen molar-refractivity contribution in [2.75, 3.05) is 13.7 Å². The summed E-state index contributed by atoms with van der Waals surface area (Å²) in [5.41, 5.74) is 1.84. The van der Waals surface area contributed by atoms with Crippen molar-refractivity contribution >= 4 is 5.97 Å². The maximum Gasteiger partial charge on any atom is 0.338 e. The summed E-state index contributed by atoms with van der Waals surface area (Å²) >= 11 is 0. The van der Waals surface area contributed by atoms with Gasteiger partial charge in [-0.05, 0) is 37.0 Å². The first kappa shape index (κ1) is 18.7. The van der Waals surface area contributed by atoms with Crippen LogP contribution in [0.15, 0.2) is 24.3 Å². The Balaban J connectivity index is 2.44. The second kappa shape index (κ2) is 11.2. The van der Waals surface area contributed by atoms with Gasteiger partial charge in [0.05, 0.1) is 12.2 Å². The first-order valence-corrected chi connectivity index (χ1v) is 8.50. The van der Waals surface area contributed by atoms with Gasteiger partial charge in [-0.2, -0.15) is 0 Å². The Bertz CT molecular complexity index is 411. The van der Waals surface area contributed by atoms with Gasteiger partial charge in [0.1, 0.15) is 6.10 Å². The molecule has 0 aliphatic carbocycles. The molecule has 1 rings (SSSR count). The summed E-state index contributed by atoms with van der Waals surface area (Å²) in [4.78, 5) is 12.2. The lowest BCUT2D eigenvalue weighted by Gasteiger charge is -2.17. The molecule has 0 fully saturated rings. The number of ether oxygens (including phenoxy) is 2. The third kappa shape index (κ3) is 7.08. The highest BCUT2D eigenvalue weighted by Crippen LogP contribution is 2.13. The van der Waals surface area contributed by atoms with Crippen molar-refractivity contribution in [1.82, 2.24) is 0 Å². The molecule has 0 aliphatic heterocycles. The number of methoxy groups -OCH3 is 1. The Labute approximate surface area is 135 Å². The molecule has 0 saturated heterocycles. The van der Waals surface area contributed by atoms with Crippen LogP contribution in [-0.4, -0.2) is 25.8 Å². The number of rotatable bonds is 11. The van der Waals surface area contributed by atoms with E-state index in [1.54, 1.807) is 7.11 Å². The number of carbonyl (C=O) groups is 1. The minimum absolute atomic E-state index is 0.148. The van der Waals surface area contributed by atoms with Crippen LogP contribution in [0, 0.1) is 0 Å². The van der Waals surface area contributed by atoms with Crippen LogP contribution in [0.5, 0.6) is 0 Å². The van der Waals surface area contributed by atoms with Gasteiger partial charge in [-0.3, -0.25) is 0 Å². The fraction of sp³-hybridized carbons (Fsp3) is 0.632. The first-order valence-electron chi connectivity index (χ1n) is 8.50. The topological polar surface area (TPSA) is 35.5 Å². The second-order valence-electron chi connectivity index (χ2n) is 5.74. The average molecular weight is 306 g/mol. The smallest absolute Gasteiger partial charge is 0.338 e. The molecule has 124 valence electrons. The number of benzene rings is 1. The Morgan fingerprint density at radius 1 is 1.05 bits per heavy atom. The molecule has 3 heteroatoms. The lowest BCUT2D eigenvalue weighted by Crippen LogP contribution is -2.23. The van der Waals surface area contributed by atoms with E-state index in [4.69, 9.17) is 9.47 Å². The summed E-state index contributed by atoms with van der Waals surface area (Å²) in [6.07, 6.45) is 7.73. The van der Waals surface area contributed by atoms with Crippen molar-refractivity contribution in [3.8, 4) is 0 Å². The zero-order chi connectivity index (χ0) is 16.2. The van der Waals surface area contributed by atoms with Crippen molar-refractivity contribution < 1.29 is 14.3 Å². The quantitative estimate of drug-likeness (QED) is 0.436. The van der Waals surface area contributed by atoms with E-state index >= 15 is 0 Å². The molecule has 3 nitrogen and oxygen atoms in total. The van der Waals surface area contributed by atoms with Gasteiger partial charge < -0.3 is 9.47 Å². The van der Waals surface area contributed by atoms with Gasteiger partial charge in [0.2, 0.25) is 0 Å². The number of hydrogen-bond acceptors (Lipinski definition) is 3. The SMILES string of the molecule is CCCCCCCC(COC)OC(=O)c1ccc(CC)cc1. The van der Waals surface area contributed by atoms with Crippen LogP contribution in [0.25, 0.3) is 0 Å². The normalized spacial score (nSPS) is 12.1. The van der Waals surface area contributed by atoms with Gasteiger partial charge in [0.25, 0.3) is 0 Å². The van der Waals surface area contributed by atoms with Crippen LogP contribution in [-0.2, 0) is 15.9 Å². The van der Waals surface area contributed by atoms with Crippen molar-refractivity contribution in [2.45, 2.75) is 64.9 Å². The summed E-state index contributed by atoms with van der Waals surface area (Å²) in [5.74, 6) is -0.252. The molecule has 0 aliphatic rings. The summed E-state index contributed by atoms with van der Waals surface area (Å²) in [5, 5.41) is 0. The minimum Gasteiger partial charge on any atom is -0.456 e. The molecule has 1 aromatic rings. The third-order valence-electron chi connectivity index (χ3n) is 3.85. The van der Waals surface area contributed by atoms with Crippen LogP contribution in [0.2, 0.25) is 0 Å². The molecule has 1 unspecified atom stereocenters. The molecule has 0 saturated carbocycles.